The second-order valence-corrected chi connectivity index (χ2v) is 5.53. The number of nitrogens with two attached hydrogens (primary N) is 1. The van der Waals surface area contributed by atoms with Crippen LogP contribution in [-0.4, -0.2) is 27.5 Å². The van der Waals surface area contributed by atoms with Crippen LogP contribution in [0.2, 0.25) is 5.02 Å². The van der Waals surface area contributed by atoms with Crippen molar-refractivity contribution in [3.05, 3.63) is 61.0 Å². The number of ketones is 1. The lowest BCUT2D eigenvalue weighted by Gasteiger charge is -2.11. The van der Waals surface area contributed by atoms with Crippen molar-refractivity contribution in [1.29, 1.82) is 0 Å². The third-order valence-corrected chi connectivity index (χ3v) is 3.71. The maximum absolute atomic E-state index is 13.6. The minimum atomic E-state index is -1.11. The van der Waals surface area contributed by atoms with Gasteiger partial charge in [-0.25, -0.2) is 14.0 Å². The highest BCUT2D eigenvalue weighted by atomic mass is 35.5. The van der Waals surface area contributed by atoms with Crippen molar-refractivity contribution in [3.63, 3.8) is 0 Å². The van der Waals surface area contributed by atoms with Crippen molar-refractivity contribution >= 4 is 29.2 Å². The molecule has 132 valence electrons. The van der Waals surface area contributed by atoms with Crippen molar-refractivity contribution in [3.8, 4) is 0 Å². The van der Waals surface area contributed by atoms with Crippen LogP contribution in [0.5, 0.6) is 0 Å². The number of nitrogen functional groups attached to an aromatic ring is 1. The predicted octanol–water partition coefficient (Wildman–Crippen LogP) is 0.498. The molecular formula is C15H13ClFN3O5. The smallest absolute Gasteiger partial charge is 0.341 e. The van der Waals surface area contributed by atoms with Crippen LogP contribution >= 0.6 is 11.6 Å². The second kappa shape index (κ2) is 6.89. The van der Waals surface area contributed by atoms with Gasteiger partial charge in [-0.1, -0.05) is 11.6 Å². The summed E-state index contributed by atoms with van der Waals surface area (Å²) in [6.07, 6.45) is 0. The van der Waals surface area contributed by atoms with Gasteiger partial charge in [0.1, 0.15) is 17.2 Å². The molecule has 2 aromatic rings. The van der Waals surface area contributed by atoms with E-state index in [0.29, 0.717) is 4.57 Å². The Morgan fingerprint density at radius 2 is 1.88 bits per heavy atom. The van der Waals surface area contributed by atoms with E-state index in [-0.39, 0.29) is 10.8 Å². The van der Waals surface area contributed by atoms with Gasteiger partial charge in [0, 0.05) is 19.1 Å². The van der Waals surface area contributed by atoms with E-state index >= 15 is 0 Å². The van der Waals surface area contributed by atoms with Crippen molar-refractivity contribution < 1.29 is 18.7 Å². The molecule has 0 spiro atoms. The van der Waals surface area contributed by atoms with Gasteiger partial charge in [0.25, 0.3) is 5.56 Å². The molecule has 0 fully saturated rings. The molecule has 0 unspecified atom stereocenters. The monoisotopic (exact) mass is 369 g/mol. The highest BCUT2D eigenvalue weighted by molar-refractivity contribution is 6.30. The normalized spacial score (nSPS) is 10.6. The van der Waals surface area contributed by atoms with Crippen molar-refractivity contribution in [2.45, 2.75) is 0 Å². The zero-order valence-corrected chi connectivity index (χ0v) is 14.0. The SMILES string of the molecule is Cn1c(N)c(C(=O)COC(=O)c2ccc(Cl)cc2F)c(=O)n(C)c1=O. The average Bonchev–Trinajstić information content (AvgIpc) is 2.56. The van der Waals surface area contributed by atoms with Gasteiger partial charge in [0.2, 0.25) is 5.78 Å². The Morgan fingerprint density at radius 1 is 1.24 bits per heavy atom. The lowest BCUT2D eigenvalue weighted by molar-refractivity contribution is 0.0469. The van der Waals surface area contributed by atoms with E-state index in [1.807, 2.05) is 0 Å². The molecule has 0 aliphatic rings. The quantitative estimate of drug-likeness (QED) is 0.620. The Hall–Kier alpha value is -2.94. The number of rotatable bonds is 4. The minimum absolute atomic E-state index is 0.0894. The molecule has 2 N–H and O–H groups in total. The molecule has 0 saturated carbocycles. The summed E-state index contributed by atoms with van der Waals surface area (Å²) in [7, 11) is 2.46. The van der Waals surface area contributed by atoms with Crippen molar-refractivity contribution in [2.75, 3.05) is 12.3 Å². The molecule has 0 radical (unpaired) electrons. The molecular weight excluding hydrogens is 357 g/mol. The number of halogens is 2. The summed E-state index contributed by atoms with van der Waals surface area (Å²) in [5.41, 5.74) is 3.09. The van der Waals surface area contributed by atoms with E-state index in [9.17, 15) is 23.6 Å². The topological polar surface area (TPSA) is 113 Å². The van der Waals surface area contributed by atoms with Gasteiger partial charge in [-0.2, -0.15) is 0 Å². The first-order chi connectivity index (χ1) is 11.6. The van der Waals surface area contributed by atoms with Crippen LogP contribution in [0, 0.1) is 5.82 Å². The van der Waals surface area contributed by atoms with Crippen LogP contribution in [0.15, 0.2) is 27.8 Å². The Labute approximate surface area is 145 Å². The molecule has 1 aromatic heterocycles. The number of carbonyl (C=O) groups excluding carboxylic acids is 2. The van der Waals surface area contributed by atoms with E-state index in [1.165, 1.54) is 20.2 Å². The van der Waals surface area contributed by atoms with E-state index in [1.54, 1.807) is 0 Å². The number of hydrogen-bond acceptors (Lipinski definition) is 6. The molecule has 25 heavy (non-hydrogen) atoms. The van der Waals surface area contributed by atoms with Gasteiger partial charge in [0.05, 0.1) is 5.56 Å². The molecule has 1 heterocycles. The average molecular weight is 370 g/mol. The Balaban J connectivity index is 2.26. The number of ether oxygens (including phenoxy) is 1. The van der Waals surface area contributed by atoms with Crippen molar-refractivity contribution in [2.24, 2.45) is 14.1 Å². The summed E-state index contributed by atoms with van der Waals surface area (Å²) >= 11 is 5.58. The molecule has 10 heteroatoms. The largest absolute Gasteiger partial charge is 0.454 e. The van der Waals surface area contributed by atoms with Crippen LogP contribution in [0.25, 0.3) is 0 Å². The highest BCUT2D eigenvalue weighted by Crippen LogP contribution is 2.15. The molecule has 0 atom stereocenters. The van der Waals surface area contributed by atoms with Crippen LogP contribution in [0.1, 0.15) is 20.7 Å². The van der Waals surface area contributed by atoms with Crippen molar-refractivity contribution in [1.82, 2.24) is 9.13 Å². The number of benzene rings is 1. The Bertz CT molecular complexity index is 996. The van der Waals surface area contributed by atoms with Gasteiger partial charge < -0.3 is 10.5 Å². The first kappa shape index (κ1) is 18.4. The molecule has 8 nitrogen and oxygen atoms in total. The third kappa shape index (κ3) is 3.45. The maximum atomic E-state index is 13.6. The summed E-state index contributed by atoms with van der Waals surface area (Å²) in [6, 6.07) is 3.30. The number of anilines is 1. The van der Waals surface area contributed by atoms with Gasteiger partial charge in [-0.05, 0) is 18.2 Å². The van der Waals surface area contributed by atoms with Crippen LogP contribution in [0.4, 0.5) is 10.2 Å². The molecule has 0 saturated heterocycles. The Morgan fingerprint density at radius 3 is 2.48 bits per heavy atom. The summed E-state index contributed by atoms with van der Waals surface area (Å²) < 4.78 is 20.0. The molecule has 1 aromatic carbocycles. The fraction of sp³-hybridized carbons (Fsp3) is 0.200. The summed E-state index contributed by atoms with van der Waals surface area (Å²) in [4.78, 5) is 47.8. The number of hydrogen-bond donors (Lipinski definition) is 1. The van der Waals surface area contributed by atoms with Crippen LogP contribution in [0.3, 0.4) is 0 Å². The molecule has 0 aliphatic carbocycles. The van der Waals surface area contributed by atoms with E-state index < -0.39 is 46.6 Å². The molecule has 0 aliphatic heterocycles. The lowest BCUT2D eigenvalue weighted by atomic mass is 10.2. The highest BCUT2D eigenvalue weighted by Gasteiger charge is 2.22. The predicted molar refractivity (Wildman–Crippen MR) is 87.4 cm³/mol. The summed E-state index contributed by atoms with van der Waals surface area (Å²) in [6.45, 7) is -0.849. The third-order valence-electron chi connectivity index (χ3n) is 3.47. The molecule has 0 amide bonds. The Kier molecular flexibility index (Phi) is 5.07. The number of esters is 1. The summed E-state index contributed by atoms with van der Waals surface area (Å²) in [5.74, 6) is -3.30. The zero-order chi connectivity index (χ0) is 18.9. The van der Waals surface area contributed by atoms with Gasteiger partial charge in [-0.15, -0.1) is 0 Å². The minimum Gasteiger partial charge on any atom is -0.454 e. The van der Waals surface area contributed by atoms with Gasteiger partial charge in [0.15, 0.2) is 6.61 Å². The first-order valence-corrected chi connectivity index (χ1v) is 7.23. The lowest BCUT2D eigenvalue weighted by Crippen LogP contribution is -2.42. The summed E-state index contributed by atoms with van der Waals surface area (Å²) in [5, 5.41) is 0.0894. The van der Waals surface area contributed by atoms with E-state index in [0.717, 1.165) is 16.7 Å². The van der Waals surface area contributed by atoms with Crippen LogP contribution < -0.4 is 17.0 Å². The van der Waals surface area contributed by atoms with Gasteiger partial charge >= 0.3 is 11.7 Å². The fourth-order valence-corrected chi connectivity index (χ4v) is 2.22. The standard InChI is InChI=1S/C15H13ClFN3O5/c1-19-12(18)11(13(22)20(2)15(19)24)10(21)6-25-14(23)8-4-3-7(16)5-9(8)17/h3-5H,6,18H2,1-2H3. The number of Topliss-reactive ketones (excluding diaryl/α,β-unsaturated/α-hetero) is 1. The molecule has 0 bridgehead atoms. The number of carbonyl (C=O) groups is 2. The fourth-order valence-electron chi connectivity index (χ4n) is 2.06. The van der Waals surface area contributed by atoms with Gasteiger partial charge in [-0.3, -0.25) is 18.7 Å². The maximum Gasteiger partial charge on any atom is 0.341 e. The molecule has 2 rings (SSSR count). The second-order valence-electron chi connectivity index (χ2n) is 5.09. The number of aromatic nitrogens is 2. The zero-order valence-electron chi connectivity index (χ0n) is 13.2. The first-order valence-electron chi connectivity index (χ1n) is 6.86. The van der Waals surface area contributed by atoms with E-state index in [2.05, 4.69) is 0 Å². The number of nitrogens with zero attached hydrogens (tertiary/aromatic N) is 2. The van der Waals surface area contributed by atoms with Crippen LogP contribution in [-0.2, 0) is 18.8 Å². The van der Waals surface area contributed by atoms with E-state index in [4.69, 9.17) is 22.1 Å².